The van der Waals surface area contributed by atoms with Crippen LogP contribution in [0.5, 0.6) is 0 Å². The molecule has 1 unspecified atom stereocenters. The van der Waals surface area contributed by atoms with Crippen molar-refractivity contribution in [3.63, 3.8) is 0 Å². The Morgan fingerprint density at radius 1 is 1.16 bits per heavy atom. The number of hydrogen-bond acceptors (Lipinski definition) is 2. The highest BCUT2D eigenvalue weighted by molar-refractivity contribution is 4.80. The molecule has 0 aliphatic carbocycles. The Labute approximate surface area is 115 Å². The molecular formula is C14H29F3N2. The van der Waals surface area contributed by atoms with E-state index in [4.69, 9.17) is 0 Å². The predicted octanol–water partition coefficient (Wildman–Crippen LogP) is 3.53. The Balaban J connectivity index is 4.35. The van der Waals surface area contributed by atoms with Crippen LogP contribution in [0.15, 0.2) is 0 Å². The molecule has 0 rings (SSSR count). The molecule has 0 aromatic carbocycles. The van der Waals surface area contributed by atoms with Gasteiger partial charge < -0.3 is 5.32 Å². The lowest BCUT2D eigenvalue weighted by Crippen LogP contribution is -2.44. The first kappa shape index (κ1) is 18.7. The normalized spacial score (nSPS) is 16.1. The second-order valence-corrected chi connectivity index (χ2v) is 6.37. The molecule has 0 saturated carbocycles. The smallest absolute Gasteiger partial charge is 0.316 e. The molecule has 1 N–H and O–H groups in total. The van der Waals surface area contributed by atoms with Crippen molar-refractivity contribution in [1.82, 2.24) is 10.2 Å². The number of halogens is 3. The van der Waals surface area contributed by atoms with Crippen LogP contribution < -0.4 is 5.32 Å². The minimum Gasteiger partial charge on any atom is -0.316 e. The fourth-order valence-electron chi connectivity index (χ4n) is 2.50. The standard InChI is InChI=1S/C14H29F3N2/c1-6-7-13(4,9-18-8-12(2)3)10-19(5)11-14(15,16)17/h12,18H,6-11H2,1-5H3. The topological polar surface area (TPSA) is 15.3 Å². The summed E-state index contributed by atoms with van der Waals surface area (Å²) in [7, 11) is 1.55. The summed E-state index contributed by atoms with van der Waals surface area (Å²) < 4.78 is 37.1. The van der Waals surface area contributed by atoms with Gasteiger partial charge in [-0.25, -0.2) is 0 Å². The molecule has 1 atom stereocenters. The van der Waals surface area contributed by atoms with Crippen LogP contribution in [0.4, 0.5) is 13.2 Å². The number of nitrogens with one attached hydrogen (secondary N) is 1. The van der Waals surface area contributed by atoms with E-state index >= 15 is 0 Å². The third-order valence-corrected chi connectivity index (χ3v) is 3.06. The Kier molecular flexibility index (Phi) is 7.98. The second-order valence-electron chi connectivity index (χ2n) is 6.37. The fourth-order valence-corrected chi connectivity index (χ4v) is 2.50. The quantitative estimate of drug-likeness (QED) is 0.696. The largest absolute Gasteiger partial charge is 0.401 e. The highest BCUT2D eigenvalue weighted by Gasteiger charge is 2.32. The molecule has 0 amide bonds. The third-order valence-electron chi connectivity index (χ3n) is 3.06. The molecule has 0 aromatic rings. The van der Waals surface area contributed by atoms with Crippen LogP contribution in [0.2, 0.25) is 0 Å². The molecule has 0 fully saturated rings. The first-order chi connectivity index (χ1) is 8.58. The summed E-state index contributed by atoms with van der Waals surface area (Å²) in [5.41, 5.74) is -0.108. The van der Waals surface area contributed by atoms with E-state index in [2.05, 4.69) is 33.0 Å². The number of alkyl halides is 3. The SMILES string of the molecule is CCCC(C)(CNCC(C)C)CN(C)CC(F)(F)F. The van der Waals surface area contributed by atoms with Crippen molar-refractivity contribution in [3.05, 3.63) is 0 Å². The zero-order chi connectivity index (χ0) is 15.1. The van der Waals surface area contributed by atoms with Crippen LogP contribution in [0.1, 0.15) is 40.5 Å². The fraction of sp³-hybridized carbons (Fsp3) is 1.00. The molecule has 0 spiro atoms. The molecule has 2 nitrogen and oxygen atoms in total. The molecular weight excluding hydrogens is 253 g/mol. The maximum atomic E-state index is 12.4. The highest BCUT2D eigenvalue weighted by Crippen LogP contribution is 2.25. The van der Waals surface area contributed by atoms with Crippen LogP contribution in [0, 0.1) is 11.3 Å². The van der Waals surface area contributed by atoms with Gasteiger partial charge in [0.15, 0.2) is 0 Å². The van der Waals surface area contributed by atoms with Crippen molar-refractivity contribution in [1.29, 1.82) is 0 Å². The first-order valence-corrected chi connectivity index (χ1v) is 7.04. The Morgan fingerprint density at radius 3 is 2.16 bits per heavy atom. The van der Waals surface area contributed by atoms with Gasteiger partial charge in [0, 0.05) is 13.1 Å². The van der Waals surface area contributed by atoms with Gasteiger partial charge in [-0.3, -0.25) is 4.90 Å². The van der Waals surface area contributed by atoms with E-state index in [0.717, 1.165) is 25.9 Å². The summed E-state index contributed by atoms with van der Waals surface area (Å²) in [5, 5.41) is 3.37. The molecule has 0 aliphatic rings. The van der Waals surface area contributed by atoms with Crippen molar-refractivity contribution in [3.8, 4) is 0 Å². The van der Waals surface area contributed by atoms with E-state index in [1.54, 1.807) is 7.05 Å². The van der Waals surface area contributed by atoms with Crippen LogP contribution in [-0.2, 0) is 0 Å². The minimum absolute atomic E-state index is 0.108. The van der Waals surface area contributed by atoms with E-state index in [1.807, 2.05) is 0 Å². The van der Waals surface area contributed by atoms with Gasteiger partial charge in [-0.2, -0.15) is 13.2 Å². The molecule has 0 radical (unpaired) electrons. The zero-order valence-corrected chi connectivity index (χ0v) is 12.9. The molecule has 0 bridgehead atoms. The van der Waals surface area contributed by atoms with Gasteiger partial charge in [-0.1, -0.05) is 34.1 Å². The Morgan fingerprint density at radius 2 is 1.74 bits per heavy atom. The average molecular weight is 282 g/mol. The third kappa shape index (κ3) is 10.2. The van der Waals surface area contributed by atoms with Gasteiger partial charge in [0.05, 0.1) is 6.54 Å². The minimum atomic E-state index is -4.12. The molecule has 116 valence electrons. The van der Waals surface area contributed by atoms with Crippen molar-refractivity contribution in [2.75, 3.05) is 33.2 Å². The van der Waals surface area contributed by atoms with Crippen molar-refractivity contribution < 1.29 is 13.2 Å². The molecule has 0 saturated heterocycles. The molecule has 0 heterocycles. The van der Waals surface area contributed by atoms with Crippen molar-refractivity contribution >= 4 is 0 Å². The van der Waals surface area contributed by atoms with E-state index in [-0.39, 0.29) is 5.41 Å². The van der Waals surface area contributed by atoms with Gasteiger partial charge in [0.25, 0.3) is 0 Å². The summed E-state index contributed by atoms with van der Waals surface area (Å²) in [6.45, 7) is 9.69. The summed E-state index contributed by atoms with van der Waals surface area (Å²) in [6, 6.07) is 0. The molecule has 0 aliphatic heterocycles. The van der Waals surface area contributed by atoms with E-state index < -0.39 is 12.7 Å². The van der Waals surface area contributed by atoms with E-state index in [0.29, 0.717) is 12.5 Å². The number of hydrogen-bond donors (Lipinski definition) is 1. The van der Waals surface area contributed by atoms with Crippen LogP contribution >= 0.6 is 0 Å². The van der Waals surface area contributed by atoms with Gasteiger partial charge in [0.1, 0.15) is 0 Å². The summed E-state index contributed by atoms with van der Waals surface area (Å²) >= 11 is 0. The lowest BCUT2D eigenvalue weighted by Gasteiger charge is -2.34. The lowest BCUT2D eigenvalue weighted by atomic mass is 9.84. The van der Waals surface area contributed by atoms with E-state index in [1.165, 1.54) is 4.90 Å². The van der Waals surface area contributed by atoms with Crippen molar-refractivity contribution in [2.24, 2.45) is 11.3 Å². The number of nitrogens with zero attached hydrogens (tertiary/aromatic N) is 1. The van der Waals surface area contributed by atoms with Crippen LogP contribution in [0.25, 0.3) is 0 Å². The van der Waals surface area contributed by atoms with Crippen molar-refractivity contribution in [2.45, 2.75) is 46.7 Å². The Hall–Kier alpha value is -0.290. The monoisotopic (exact) mass is 282 g/mol. The second kappa shape index (κ2) is 8.10. The van der Waals surface area contributed by atoms with Crippen LogP contribution in [-0.4, -0.2) is 44.3 Å². The predicted molar refractivity (Wildman–Crippen MR) is 74.3 cm³/mol. The average Bonchev–Trinajstić information content (AvgIpc) is 2.12. The molecule has 5 heteroatoms. The van der Waals surface area contributed by atoms with Gasteiger partial charge in [-0.15, -0.1) is 0 Å². The number of rotatable bonds is 9. The maximum absolute atomic E-state index is 12.4. The zero-order valence-electron chi connectivity index (χ0n) is 12.9. The maximum Gasteiger partial charge on any atom is 0.401 e. The van der Waals surface area contributed by atoms with Gasteiger partial charge >= 0.3 is 6.18 Å². The summed E-state index contributed by atoms with van der Waals surface area (Å²) in [5.74, 6) is 0.554. The molecule has 0 aromatic heterocycles. The summed E-state index contributed by atoms with van der Waals surface area (Å²) in [4.78, 5) is 1.38. The van der Waals surface area contributed by atoms with Gasteiger partial charge in [-0.05, 0) is 31.3 Å². The highest BCUT2D eigenvalue weighted by atomic mass is 19.4. The van der Waals surface area contributed by atoms with E-state index in [9.17, 15) is 13.2 Å². The first-order valence-electron chi connectivity index (χ1n) is 7.04. The Bertz CT molecular complexity index is 241. The molecule has 19 heavy (non-hydrogen) atoms. The van der Waals surface area contributed by atoms with Crippen LogP contribution in [0.3, 0.4) is 0 Å². The lowest BCUT2D eigenvalue weighted by molar-refractivity contribution is -0.145. The summed E-state index contributed by atoms with van der Waals surface area (Å²) in [6.07, 6.45) is -2.20. The van der Waals surface area contributed by atoms with Gasteiger partial charge in [0.2, 0.25) is 0 Å².